The largest absolute Gasteiger partial charge is 0.388 e. The summed E-state index contributed by atoms with van der Waals surface area (Å²) >= 11 is 0. The molecule has 19 heavy (non-hydrogen) atoms. The van der Waals surface area contributed by atoms with E-state index in [4.69, 9.17) is 0 Å². The summed E-state index contributed by atoms with van der Waals surface area (Å²) in [6.07, 6.45) is 1.34. The van der Waals surface area contributed by atoms with Crippen molar-refractivity contribution < 1.29 is 5.11 Å². The van der Waals surface area contributed by atoms with E-state index in [2.05, 4.69) is 25.6 Å². The van der Waals surface area contributed by atoms with Gasteiger partial charge in [-0.25, -0.2) is 0 Å². The molecule has 0 aromatic heterocycles. The molecule has 2 aromatic rings. The standard InChI is InChI=1S/C18H20O/c1-3-17(14(2)15-10-6-4-7-11-15)18(19)16-12-8-5-9-13-16/h3-14,17-19H,1H2,2H3/t14-,17+,18+/m0/s1. The zero-order valence-corrected chi connectivity index (χ0v) is 11.2. The van der Waals surface area contributed by atoms with Crippen LogP contribution in [0.1, 0.15) is 30.1 Å². The molecule has 0 radical (unpaired) electrons. The molecule has 2 aromatic carbocycles. The number of aliphatic hydroxyl groups is 1. The summed E-state index contributed by atoms with van der Waals surface area (Å²) < 4.78 is 0. The number of hydrogen-bond donors (Lipinski definition) is 1. The highest BCUT2D eigenvalue weighted by Gasteiger charge is 2.24. The molecule has 0 heterocycles. The van der Waals surface area contributed by atoms with Crippen LogP contribution in [0, 0.1) is 5.92 Å². The van der Waals surface area contributed by atoms with Crippen LogP contribution in [-0.2, 0) is 0 Å². The maximum absolute atomic E-state index is 10.5. The van der Waals surface area contributed by atoms with Gasteiger partial charge >= 0.3 is 0 Å². The van der Waals surface area contributed by atoms with Crippen molar-refractivity contribution in [3.05, 3.63) is 84.4 Å². The Labute approximate surface area is 115 Å². The van der Waals surface area contributed by atoms with Crippen molar-refractivity contribution in [3.8, 4) is 0 Å². The first-order valence-electron chi connectivity index (χ1n) is 6.64. The molecule has 0 bridgehead atoms. The summed E-state index contributed by atoms with van der Waals surface area (Å²) in [5.41, 5.74) is 2.16. The first-order valence-corrected chi connectivity index (χ1v) is 6.64. The first-order chi connectivity index (χ1) is 9.24. The van der Waals surface area contributed by atoms with Crippen molar-refractivity contribution in [2.75, 3.05) is 0 Å². The molecule has 0 aliphatic rings. The Kier molecular flexibility index (Phi) is 4.53. The molecule has 1 nitrogen and oxygen atoms in total. The van der Waals surface area contributed by atoms with E-state index in [1.807, 2.05) is 54.6 Å². The molecule has 0 saturated carbocycles. The first kappa shape index (κ1) is 13.6. The van der Waals surface area contributed by atoms with Crippen molar-refractivity contribution in [1.29, 1.82) is 0 Å². The third-order valence-electron chi connectivity index (χ3n) is 3.68. The zero-order valence-electron chi connectivity index (χ0n) is 11.2. The topological polar surface area (TPSA) is 20.2 Å². The Hall–Kier alpha value is -1.86. The lowest BCUT2D eigenvalue weighted by molar-refractivity contribution is 0.120. The molecule has 98 valence electrons. The summed E-state index contributed by atoms with van der Waals surface area (Å²) in [6.45, 7) is 6.03. The predicted molar refractivity (Wildman–Crippen MR) is 79.9 cm³/mol. The Balaban J connectivity index is 2.23. The van der Waals surface area contributed by atoms with Crippen LogP contribution in [0.25, 0.3) is 0 Å². The lowest BCUT2D eigenvalue weighted by Crippen LogP contribution is -2.17. The van der Waals surface area contributed by atoms with Crippen molar-refractivity contribution in [3.63, 3.8) is 0 Å². The molecular weight excluding hydrogens is 232 g/mol. The molecule has 0 aliphatic carbocycles. The van der Waals surface area contributed by atoms with Crippen LogP contribution in [0.5, 0.6) is 0 Å². The van der Waals surface area contributed by atoms with Gasteiger partial charge in [-0.2, -0.15) is 0 Å². The van der Waals surface area contributed by atoms with Crippen molar-refractivity contribution in [2.24, 2.45) is 5.92 Å². The van der Waals surface area contributed by atoms with Gasteiger partial charge in [0.1, 0.15) is 0 Å². The second-order valence-electron chi connectivity index (χ2n) is 4.87. The van der Waals surface area contributed by atoms with E-state index in [1.54, 1.807) is 0 Å². The lowest BCUT2D eigenvalue weighted by Gasteiger charge is -2.26. The van der Waals surface area contributed by atoms with Crippen LogP contribution in [0.3, 0.4) is 0 Å². The van der Waals surface area contributed by atoms with Gasteiger partial charge in [-0.05, 0) is 17.0 Å². The minimum atomic E-state index is -0.520. The molecule has 0 amide bonds. The summed E-state index contributed by atoms with van der Waals surface area (Å²) in [6, 6.07) is 20.0. The van der Waals surface area contributed by atoms with Gasteiger partial charge < -0.3 is 5.11 Å². The van der Waals surface area contributed by atoms with E-state index >= 15 is 0 Å². The van der Waals surface area contributed by atoms with Crippen molar-refractivity contribution in [1.82, 2.24) is 0 Å². The van der Waals surface area contributed by atoms with Gasteiger partial charge in [0, 0.05) is 5.92 Å². The SMILES string of the molecule is C=C[C@@H]([C@H](O)c1ccccc1)[C@@H](C)c1ccccc1. The second-order valence-corrected chi connectivity index (χ2v) is 4.87. The zero-order chi connectivity index (χ0) is 13.7. The average molecular weight is 252 g/mol. The highest BCUT2D eigenvalue weighted by molar-refractivity contribution is 5.25. The fraction of sp³-hybridized carbons (Fsp3) is 0.222. The minimum absolute atomic E-state index is 0.00444. The summed E-state index contributed by atoms with van der Waals surface area (Å²) in [5.74, 6) is 0.235. The molecule has 3 atom stereocenters. The molecule has 0 fully saturated rings. The van der Waals surface area contributed by atoms with E-state index in [0.717, 1.165) is 5.56 Å². The van der Waals surface area contributed by atoms with Crippen molar-refractivity contribution >= 4 is 0 Å². The van der Waals surface area contributed by atoms with E-state index in [1.165, 1.54) is 5.56 Å². The Morgan fingerprint density at radius 3 is 1.84 bits per heavy atom. The summed E-state index contributed by atoms with van der Waals surface area (Å²) in [4.78, 5) is 0. The van der Waals surface area contributed by atoms with E-state index in [0.29, 0.717) is 0 Å². The molecule has 0 unspecified atom stereocenters. The molecule has 0 spiro atoms. The normalized spacial score (nSPS) is 15.5. The number of rotatable bonds is 5. The molecular formula is C18H20O. The summed E-state index contributed by atoms with van der Waals surface area (Å²) in [5, 5.41) is 10.5. The monoisotopic (exact) mass is 252 g/mol. The second kappa shape index (κ2) is 6.35. The number of aliphatic hydroxyl groups excluding tert-OH is 1. The minimum Gasteiger partial charge on any atom is -0.388 e. The molecule has 0 aliphatic heterocycles. The fourth-order valence-electron chi connectivity index (χ4n) is 2.46. The molecule has 1 N–H and O–H groups in total. The quantitative estimate of drug-likeness (QED) is 0.785. The van der Waals surface area contributed by atoms with Gasteiger partial charge in [-0.3, -0.25) is 0 Å². The van der Waals surface area contributed by atoms with Crippen LogP contribution in [0.15, 0.2) is 73.3 Å². The average Bonchev–Trinajstić information content (AvgIpc) is 2.49. The predicted octanol–water partition coefficient (Wildman–Crippen LogP) is 4.33. The Morgan fingerprint density at radius 2 is 1.37 bits per heavy atom. The Bertz CT molecular complexity index is 458. The third kappa shape index (κ3) is 3.12. The number of hydrogen-bond acceptors (Lipinski definition) is 1. The lowest BCUT2D eigenvalue weighted by atomic mass is 9.81. The van der Waals surface area contributed by atoms with E-state index in [-0.39, 0.29) is 11.8 Å². The Morgan fingerprint density at radius 1 is 0.895 bits per heavy atom. The van der Waals surface area contributed by atoms with Crippen LogP contribution >= 0.6 is 0 Å². The van der Waals surface area contributed by atoms with E-state index < -0.39 is 6.10 Å². The third-order valence-corrected chi connectivity index (χ3v) is 3.68. The highest BCUT2D eigenvalue weighted by Crippen LogP contribution is 2.34. The molecule has 0 saturated heterocycles. The van der Waals surface area contributed by atoms with Crippen LogP contribution in [-0.4, -0.2) is 5.11 Å². The van der Waals surface area contributed by atoms with Gasteiger partial charge in [-0.1, -0.05) is 73.7 Å². The fourth-order valence-corrected chi connectivity index (χ4v) is 2.46. The van der Waals surface area contributed by atoms with Gasteiger partial charge in [0.2, 0.25) is 0 Å². The van der Waals surface area contributed by atoms with E-state index in [9.17, 15) is 5.11 Å². The molecule has 1 heteroatoms. The van der Waals surface area contributed by atoms with Gasteiger partial charge in [0.25, 0.3) is 0 Å². The van der Waals surface area contributed by atoms with Gasteiger partial charge in [-0.15, -0.1) is 6.58 Å². The number of benzene rings is 2. The highest BCUT2D eigenvalue weighted by atomic mass is 16.3. The van der Waals surface area contributed by atoms with Crippen molar-refractivity contribution in [2.45, 2.75) is 18.9 Å². The maximum Gasteiger partial charge on any atom is 0.0858 e. The van der Waals surface area contributed by atoms with Crippen LogP contribution in [0.4, 0.5) is 0 Å². The van der Waals surface area contributed by atoms with Gasteiger partial charge in [0.15, 0.2) is 0 Å². The van der Waals surface area contributed by atoms with Crippen LogP contribution in [0.2, 0.25) is 0 Å². The summed E-state index contributed by atoms with van der Waals surface area (Å²) in [7, 11) is 0. The molecule has 2 rings (SSSR count). The smallest absolute Gasteiger partial charge is 0.0858 e. The maximum atomic E-state index is 10.5. The van der Waals surface area contributed by atoms with Gasteiger partial charge in [0.05, 0.1) is 6.10 Å². The van der Waals surface area contributed by atoms with Crippen LogP contribution < -0.4 is 0 Å².